The van der Waals surface area contributed by atoms with E-state index in [1.807, 2.05) is 53.4 Å². The molecule has 1 aliphatic heterocycles. The number of carbonyl (C=O) groups is 1. The summed E-state index contributed by atoms with van der Waals surface area (Å²) in [6.45, 7) is 4.31. The van der Waals surface area contributed by atoms with Crippen molar-refractivity contribution in [2.45, 2.75) is 6.61 Å². The van der Waals surface area contributed by atoms with Crippen LogP contribution in [0.2, 0.25) is 0 Å². The maximum absolute atomic E-state index is 12.8. The number of amides is 1. The molecule has 2 heterocycles. The van der Waals surface area contributed by atoms with Gasteiger partial charge in [0.05, 0.1) is 0 Å². The van der Waals surface area contributed by atoms with Gasteiger partial charge in [-0.2, -0.15) is 0 Å². The molecule has 3 aromatic rings. The molecule has 4 rings (SSSR count). The number of rotatable bonds is 7. The lowest BCUT2D eigenvalue weighted by atomic mass is 10.2. The van der Waals surface area contributed by atoms with Crippen LogP contribution in [0.3, 0.4) is 0 Å². The van der Waals surface area contributed by atoms with E-state index in [2.05, 4.69) is 29.2 Å². The Morgan fingerprint density at radius 3 is 2.33 bits per heavy atom. The van der Waals surface area contributed by atoms with E-state index < -0.39 is 0 Å². The van der Waals surface area contributed by atoms with Crippen molar-refractivity contribution < 1.29 is 13.9 Å². The molecule has 0 N–H and O–H groups in total. The van der Waals surface area contributed by atoms with Crippen LogP contribution in [0.1, 0.15) is 21.9 Å². The summed E-state index contributed by atoms with van der Waals surface area (Å²) in [5.41, 5.74) is 1.20. The molecule has 1 aliphatic rings. The van der Waals surface area contributed by atoms with Crippen molar-refractivity contribution in [3.05, 3.63) is 96.0 Å². The van der Waals surface area contributed by atoms with Crippen LogP contribution in [0, 0.1) is 0 Å². The minimum atomic E-state index is -0.0551. The molecule has 1 aromatic heterocycles. The van der Waals surface area contributed by atoms with Crippen LogP contribution in [0.15, 0.2) is 83.3 Å². The number of nitrogens with zero attached hydrogens (tertiary/aromatic N) is 2. The summed E-state index contributed by atoms with van der Waals surface area (Å²) < 4.78 is 11.4. The van der Waals surface area contributed by atoms with Gasteiger partial charge in [-0.3, -0.25) is 9.69 Å². The van der Waals surface area contributed by atoms with Crippen LogP contribution in [-0.4, -0.2) is 48.4 Å². The third-order valence-electron chi connectivity index (χ3n) is 5.13. The Bertz CT molecular complexity index is 958. The minimum absolute atomic E-state index is 0.0551. The summed E-state index contributed by atoms with van der Waals surface area (Å²) in [7, 11) is 0. The fourth-order valence-corrected chi connectivity index (χ4v) is 3.43. The second-order valence-electron chi connectivity index (χ2n) is 7.27. The van der Waals surface area contributed by atoms with E-state index >= 15 is 0 Å². The van der Waals surface area contributed by atoms with Crippen LogP contribution < -0.4 is 4.74 Å². The highest BCUT2D eigenvalue weighted by Crippen LogP contribution is 2.16. The van der Waals surface area contributed by atoms with Gasteiger partial charge in [0, 0.05) is 32.7 Å². The lowest BCUT2D eigenvalue weighted by molar-refractivity contribution is 0.0615. The summed E-state index contributed by atoms with van der Waals surface area (Å²) in [6, 6.07) is 23.4. The molecule has 0 unspecified atom stereocenters. The van der Waals surface area contributed by atoms with E-state index in [1.54, 1.807) is 12.1 Å². The Balaban J connectivity index is 1.23. The molecule has 0 spiro atoms. The molecule has 0 saturated carbocycles. The Labute approximate surface area is 177 Å². The first-order chi connectivity index (χ1) is 14.8. The first kappa shape index (κ1) is 20.0. The average Bonchev–Trinajstić information content (AvgIpc) is 3.28. The summed E-state index contributed by atoms with van der Waals surface area (Å²) in [6.07, 6.45) is 4.32. The number of hydrogen-bond donors (Lipinski definition) is 0. The molecular weight excluding hydrogens is 376 g/mol. The van der Waals surface area contributed by atoms with Gasteiger partial charge >= 0.3 is 0 Å². The highest BCUT2D eigenvalue weighted by atomic mass is 16.5. The highest BCUT2D eigenvalue weighted by molar-refractivity contribution is 5.91. The van der Waals surface area contributed by atoms with Gasteiger partial charge in [-0.25, -0.2) is 0 Å². The number of ether oxygens (including phenoxy) is 1. The molecule has 0 bridgehead atoms. The fourth-order valence-electron chi connectivity index (χ4n) is 3.43. The van der Waals surface area contributed by atoms with Crippen molar-refractivity contribution in [3.63, 3.8) is 0 Å². The molecule has 0 aliphatic carbocycles. The molecule has 1 amide bonds. The number of hydrogen-bond acceptors (Lipinski definition) is 4. The van der Waals surface area contributed by atoms with E-state index in [-0.39, 0.29) is 5.91 Å². The van der Waals surface area contributed by atoms with Crippen LogP contribution >= 0.6 is 0 Å². The molecule has 5 heteroatoms. The number of carbonyl (C=O) groups excluding carboxylic acids is 1. The Morgan fingerprint density at radius 1 is 0.900 bits per heavy atom. The van der Waals surface area contributed by atoms with Crippen LogP contribution in [-0.2, 0) is 6.61 Å². The van der Waals surface area contributed by atoms with Crippen molar-refractivity contribution in [1.82, 2.24) is 9.80 Å². The Morgan fingerprint density at radius 2 is 1.60 bits per heavy atom. The van der Waals surface area contributed by atoms with Gasteiger partial charge in [0.25, 0.3) is 5.91 Å². The van der Waals surface area contributed by atoms with Gasteiger partial charge in [0.1, 0.15) is 18.1 Å². The summed E-state index contributed by atoms with van der Waals surface area (Å²) >= 11 is 0. The largest absolute Gasteiger partial charge is 0.486 e. The van der Waals surface area contributed by atoms with E-state index in [0.717, 1.165) is 25.4 Å². The van der Waals surface area contributed by atoms with Crippen molar-refractivity contribution in [2.24, 2.45) is 0 Å². The molecular formula is C25H26N2O3. The number of para-hydroxylation sites is 1. The molecule has 1 fully saturated rings. The number of furan rings is 1. The predicted octanol–water partition coefficient (Wildman–Crippen LogP) is 4.33. The van der Waals surface area contributed by atoms with Gasteiger partial charge in [-0.1, -0.05) is 60.7 Å². The van der Waals surface area contributed by atoms with Gasteiger partial charge in [0.2, 0.25) is 0 Å². The van der Waals surface area contributed by atoms with Gasteiger partial charge in [-0.15, -0.1) is 0 Å². The first-order valence-corrected chi connectivity index (χ1v) is 10.3. The lowest BCUT2D eigenvalue weighted by Crippen LogP contribution is -2.48. The van der Waals surface area contributed by atoms with E-state index in [4.69, 9.17) is 9.15 Å². The Kier molecular flexibility index (Phi) is 6.62. The molecule has 0 atom stereocenters. The lowest BCUT2D eigenvalue weighted by Gasteiger charge is -2.33. The van der Waals surface area contributed by atoms with Crippen molar-refractivity contribution >= 4 is 12.0 Å². The molecule has 0 radical (unpaired) electrons. The second-order valence-corrected chi connectivity index (χ2v) is 7.27. The number of piperazine rings is 1. The predicted molar refractivity (Wildman–Crippen MR) is 117 cm³/mol. The molecule has 154 valence electrons. The van der Waals surface area contributed by atoms with Crippen molar-refractivity contribution in [3.8, 4) is 5.75 Å². The maximum Gasteiger partial charge on any atom is 0.289 e. The molecule has 2 aromatic carbocycles. The summed E-state index contributed by atoms with van der Waals surface area (Å²) in [5, 5.41) is 0. The normalized spacial score (nSPS) is 14.9. The Hall–Kier alpha value is -3.31. The zero-order valence-corrected chi connectivity index (χ0v) is 16.9. The smallest absolute Gasteiger partial charge is 0.289 e. The standard InChI is InChI=1S/C25H26N2O3/c28-25(24-14-13-23(30-24)20-29-22-11-5-2-6-12-22)27-18-16-26(17-19-27)15-7-10-21-8-3-1-4-9-21/h1-14H,15-20H2. The quantitative estimate of drug-likeness (QED) is 0.590. The van der Waals surface area contributed by atoms with Gasteiger partial charge in [0.15, 0.2) is 5.76 Å². The summed E-state index contributed by atoms with van der Waals surface area (Å²) in [5.74, 6) is 1.74. The second kappa shape index (κ2) is 9.94. The van der Waals surface area contributed by atoms with E-state index in [0.29, 0.717) is 31.2 Å². The van der Waals surface area contributed by atoms with Gasteiger partial charge < -0.3 is 14.1 Å². The first-order valence-electron chi connectivity index (χ1n) is 10.3. The van der Waals surface area contributed by atoms with E-state index in [1.165, 1.54) is 5.56 Å². The zero-order valence-electron chi connectivity index (χ0n) is 16.9. The molecule has 5 nitrogen and oxygen atoms in total. The molecule has 1 saturated heterocycles. The maximum atomic E-state index is 12.8. The highest BCUT2D eigenvalue weighted by Gasteiger charge is 2.23. The summed E-state index contributed by atoms with van der Waals surface area (Å²) in [4.78, 5) is 17.0. The van der Waals surface area contributed by atoms with Crippen LogP contribution in [0.25, 0.3) is 6.08 Å². The minimum Gasteiger partial charge on any atom is -0.486 e. The van der Waals surface area contributed by atoms with Gasteiger partial charge in [-0.05, 0) is 29.8 Å². The topological polar surface area (TPSA) is 45.9 Å². The third kappa shape index (κ3) is 5.39. The zero-order chi connectivity index (χ0) is 20.6. The number of benzene rings is 2. The van der Waals surface area contributed by atoms with Crippen molar-refractivity contribution in [1.29, 1.82) is 0 Å². The van der Waals surface area contributed by atoms with Crippen LogP contribution in [0.5, 0.6) is 5.75 Å². The fraction of sp³-hybridized carbons (Fsp3) is 0.240. The monoisotopic (exact) mass is 402 g/mol. The third-order valence-corrected chi connectivity index (χ3v) is 5.13. The molecule has 30 heavy (non-hydrogen) atoms. The SMILES string of the molecule is O=C(c1ccc(COc2ccccc2)o1)N1CCN(CC=Cc2ccccc2)CC1. The average molecular weight is 402 g/mol. The van der Waals surface area contributed by atoms with Crippen molar-refractivity contribution in [2.75, 3.05) is 32.7 Å². The van der Waals surface area contributed by atoms with E-state index in [9.17, 15) is 4.79 Å². The van der Waals surface area contributed by atoms with Crippen LogP contribution in [0.4, 0.5) is 0 Å².